The standard InChI is InChI=1S/C16H13ClO3/c17-15(18)10-13-8-4-5-9-14(13)16(19)20-11-12-6-2-1-3-7-12/h1-9H,10-11H2. The van der Waals surface area contributed by atoms with Crippen molar-refractivity contribution in [2.45, 2.75) is 13.0 Å². The minimum atomic E-state index is -0.506. The van der Waals surface area contributed by atoms with E-state index in [4.69, 9.17) is 16.3 Å². The third-order valence-corrected chi connectivity index (χ3v) is 2.91. The molecular formula is C16H13ClO3. The van der Waals surface area contributed by atoms with Gasteiger partial charge in [0.25, 0.3) is 0 Å². The van der Waals surface area contributed by atoms with Crippen molar-refractivity contribution in [3.8, 4) is 0 Å². The molecule has 0 amide bonds. The highest BCUT2D eigenvalue weighted by atomic mass is 35.5. The summed E-state index contributed by atoms with van der Waals surface area (Å²) in [6, 6.07) is 16.2. The highest BCUT2D eigenvalue weighted by Gasteiger charge is 2.14. The smallest absolute Gasteiger partial charge is 0.338 e. The van der Waals surface area contributed by atoms with Gasteiger partial charge in [-0.25, -0.2) is 4.79 Å². The Hall–Kier alpha value is -2.13. The molecule has 2 rings (SSSR count). The summed E-state index contributed by atoms with van der Waals surface area (Å²) >= 11 is 5.37. The second-order valence-electron chi connectivity index (χ2n) is 4.25. The van der Waals surface area contributed by atoms with E-state index < -0.39 is 11.2 Å². The van der Waals surface area contributed by atoms with Crippen molar-refractivity contribution in [1.29, 1.82) is 0 Å². The zero-order chi connectivity index (χ0) is 14.4. The Balaban J connectivity index is 2.07. The van der Waals surface area contributed by atoms with Crippen LogP contribution in [0, 0.1) is 0 Å². The molecule has 0 aliphatic rings. The molecule has 20 heavy (non-hydrogen) atoms. The van der Waals surface area contributed by atoms with Crippen LogP contribution in [0.3, 0.4) is 0 Å². The first-order chi connectivity index (χ1) is 9.66. The fourth-order valence-electron chi connectivity index (χ4n) is 1.82. The maximum Gasteiger partial charge on any atom is 0.338 e. The number of carbonyl (C=O) groups is 2. The van der Waals surface area contributed by atoms with Crippen LogP contribution in [-0.2, 0) is 22.6 Å². The van der Waals surface area contributed by atoms with Crippen LogP contribution in [0.5, 0.6) is 0 Å². The molecule has 0 bridgehead atoms. The highest BCUT2D eigenvalue weighted by Crippen LogP contribution is 2.13. The molecule has 0 heterocycles. The quantitative estimate of drug-likeness (QED) is 0.626. The fourth-order valence-corrected chi connectivity index (χ4v) is 1.97. The molecule has 3 nitrogen and oxygen atoms in total. The number of benzene rings is 2. The van der Waals surface area contributed by atoms with E-state index in [0.717, 1.165) is 5.56 Å². The fraction of sp³-hybridized carbons (Fsp3) is 0.125. The number of rotatable bonds is 5. The summed E-state index contributed by atoms with van der Waals surface area (Å²) in [7, 11) is 0. The molecule has 0 fully saturated rings. The largest absolute Gasteiger partial charge is 0.457 e. The van der Waals surface area contributed by atoms with Gasteiger partial charge >= 0.3 is 5.97 Å². The molecule has 0 aliphatic carbocycles. The van der Waals surface area contributed by atoms with Crippen molar-refractivity contribution in [3.05, 3.63) is 71.3 Å². The number of ether oxygens (including phenoxy) is 1. The van der Waals surface area contributed by atoms with Crippen LogP contribution < -0.4 is 0 Å². The lowest BCUT2D eigenvalue weighted by Gasteiger charge is -2.08. The van der Waals surface area contributed by atoms with Crippen molar-refractivity contribution in [1.82, 2.24) is 0 Å². The predicted octanol–water partition coefficient (Wildman–Crippen LogP) is 3.35. The summed E-state index contributed by atoms with van der Waals surface area (Å²) in [6.45, 7) is 0.197. The topological polar surface area (TPSA) is 43.4 Å². The summed E-state index contributed by atoms with van der Waals surface area (Å²) < 4.78 is 5.24. The molecule has 0 spiro atoms. The monoisotopic (exact) mass is 288 g/mol. The van der Waals surface area contributed by atoms with Gasteiger partial charge in [0.1, 0.15) is 6.61 Å². The predicted molar refractivity (Wildman–Crippen MR) is 76.6 cm³/mol. The van der Waals surface area contributed by atoms with Gasteiger partial charge in [0.2, 0.25) is 5.24 Å². The van der Waals surface area contributed by atoms with E-state index in [-0.39, 0.29) is 13.0 Å². The zero-order valence-electron chi connectivity index (χ0n) is 10.7. The third-order valence-electron chi connectivity index (χ3n) is 2.78. The van der Waals surface area contributed by atoms with Crippen molar-refractivity contribution >= 4 is 22.8 Å². The summed E-state index contributed by atoms with van der Waals surface area (Å²) in [4.78, 5) is 23.0. The molecule has 0 aromatic heterocycles. The van der Waals surface area contributed by atoms with E-state index >= 15 is 0 Å². The van der Waals surface area contributed by atoms with E-state index in [0.29, 0.717) is 11.1 Å². The van der Waals surface area contributed by atoms with E-state index in [1.165, 1.54) is 0 Å². The molecule has 0 saturated heterocycles. The zero-order valence-corrected chi connectivity index (χ0v) is 11.5. The van der Waals surface area contributed by atoms with E-state index in [2.05, 4.69) is 0 Å². The van der Waals surface area contributed by atoms with E-state index in [1.54, 1.807) is 24.3 Å². The van der Waals surface area contributed by atoms with Crippen molar-refractivity contribution in [2.24, 2.45) is 0 Å². The molecule has 0 unspecified atom stereocenters. The number of hydrogen-bond acceptors (Lipinski definition) is 3. The van der Waals surface area contributed by atoms with Crippen LogP contribution >= 0.6 is 11.6 Å². The molecule has 2 aromatic rings. The van der Waals surface area contributed by atoms with Crippen LogP contribution in [0.4, 0.5) is 0 Å². The van der Waals surface area contributed by atoms with Gasteiger partial charge in [-0.2, -0.15) is 0 Å². The summed E-state index contributed by atoms with van der Waals surface area (Å²) in [5, 5.41) is -0.506. The maximum atomic E-state index is 12.0. The SMILES string of the molecule is O=C(Cl)Cc1ccccc1C(=O)OCc1ccccc1. The molecule has 0 radical (unpaired) electrons. The highest BCUT2D eigenvalue weighted by molar-refractivity contribution is 6.63. The molecule has 102 valence electrons. The number of hydrogen-bond donors (Lipinski definition) is 0. The summed E-state index contributed by atoms with van der Waals surface area (Å²) in [6.07, 6.45) is 0.0121. The molecular weight excluding hydrogens is 276 g/mol. The van der Waals surface area contributed by atoms with Gasteiger partial charge < -0.3 is 4.74 Å². The van der Waals surface area contributed by atoms with Gasteiger partial charge in [0.05, 0.1) is 5.56 Å². The van der Waals surface area contributed by atoms with Gasteiger partial charge in [0, 0.05) is 6.42 Å². The molecule has 0 saturated carbocycles. The Morgan fingerprint density at radius 2 is 1.60 bits per heavy atom. The van der Waals surface area contributed by atoms with Crippen LogP contribution in [-0.4, -0.2) is 11.2 Å². The summed E-state index contributed by atoms with van der Waals surface area (Å²) in [5.74, 6) is -0.456. The van der Waals surface area contributed by atoms with Gasteiger partial charge in [-0.3, -0.25) is 4.79 Å². The van der Waals surface area contributed by atoms with E-state index in [1.807, 2.05) is 30.3 Å². The van der Waals surface area contributed by atoms with Crippen molar-refractivity contribution in [3.63, 3.8) is 0 Å². The lowest BCUT2D eigenvalue weighted by atomic mass is 10.1. The average Bonchev–Trinajstić information content (AvgIpc) is 2.46. The number of halogens is 1. The van der Waals surface area contributed by atoms with E-state index in [9.17, 15) is 9.59 Å². The van der Waals surface area contributed by atoms with Crippen LogP contribution in [0.1, 0.15) is 21.5 Å². The van der Waals surface area contributed by atoms with Crippen LogP contribution in [0.25, 0.3) is 0 Å². The van der Waals surface area contributed by atoms with Gasteiger partial charge in [-0.05, 0) is 28.8 Å². The molecule has 0 atom stereocenters. The molecule has 0 N–H and O–H groups in total. The Morgan fingerprint density at radius 1 is 0.950 bits per heavy atom. The lowest BCUT2D eigenvalue weighted by molar-refractivity contribution is -0.111. The number of carbonyl (C=O) groups excluding carboxylic acids is 2. The minimum absolute atomic E-state index is 0.0121. The average molecular weight is 289 g/mol. The Bertz CT molecular complexity index is 608. The van der Waals surface area contributed by atoms with Crippen LogP contribution in [0.15, 0.2) is 54.6 Å². The van der Waals surface area contributed by atoms with Crippen LogP contribution in [0.2, 0.25) is 0 Å². The lowest BCUT2D eigenvalue weighted by Crippen LogP contribution is -2.09. The van der Waals surface area contributed by atoms with Gasteiger partial charge in [-0.15, -0.1) is 0 Å². The third kappa shape index (κ3) is 3.93. The first-order valence-corrected chi connectivity index (χ1v) is 6.52. The van der Waals surface area contributed by atoms with Crippen molar-refractivity contribution < 1.29 is 14.3 Å². The normalized spacial score (nSPS) is 10.1. The van der Waals surface area contributed by atoms with Crippen molar-refractivity contribution in [2.75, 3.05) is 0 Å². The Labute approximate surface area is 122 Å². The first-order valence-electron chi connectivity index (χ1n) is 6.14. The first kappa shape index (κ1) is 14.3. The van der Waals surface area contributed by atoms with Gasteiger partial charge in [-0.1, -0.05) is 48.5 Å². The minimum Gasteiger partial charge on any atom is -0.457 e. The molecule has 4 heteroatoms. The second kappa shape index (κ2) is 6.87. The summed E-state index contributed by atoms with van der Waals surface area (Å²) in [5.41, 5.74) is 1.86. The maximum absolute atomic E-state index is 12.0. The Morgan fingerprint density at radius 3 is 2.30 bits per heavy atom. The molecule has 0 aliphatic heterocycles. The second-order valence-corrected chi connectivity index (χ2v) is 4.67. The number of esters is 1. The Kier molecular flexibility index (Phi) is 4.91. The molecule has 2 aromatic carbocycles. The van der Waals surface area contributed by atoms with Gasteiger partial charge in [0.15, 0.2) is 0 Å².